The minimum Gasteiger partial charge on any atom is -0.468 e. The molecular formula is C22H36O4. The van der Waals surface area contributed by atoms with Crippen molar-refractivity contribution in [2.75, 3.05) is 7.11 Å². The molecule has 0 radical (unpaired) electrons. The summed E-state index contributed by atoms with van der Waals surface area (Å²) in [6.07, 6.45) is 13.9. The number of methoxy groups -OCH3 is 1. The van der Waals surface area contributed by atoms with E-state index in [1.165, 1.54) is 32.8 Å². The molecule has 0 N–H and O–H groups in total. The highest BCUT2D eigenvalue weighted by molar-refractivity contribution is 6.06. The van der Waals surface area contributed by atoms with Crippen LogP contribution in [-0.4, -0.2) is 30.6 Å². The van der Waals surface area contributed by atoms with E-state index in [9.17, 15) is 9.59 Å². The second-order valence-electron chi connectivity index (χ2n) is 8.71. The Morgan fingerprint density at radius 1 is 1.04 bits per heavy atom. The van der Waals surface area contributed by atoms with Crippen LogP contribution in [-0.2, 0) is 19.1 Å². The van der Waals surface area contributed by atoms with Crippen molar-refractivity contribution in [1.29, 1.82) is 0 Å². The molecule has 0 spiro atoms. The van der Waals surface area contributed by atoms with E-state index in [1.807, 2.05) is 0 Å². The molecule has 4 bridgehead atoms. The fraction of sp³-hybridized carbons (Fsp3) is 0.909. The van der Waals surface area contributed by atoms with Crippen molar-refractivity contribution in [2.24, 2.45) is 11.3 Å². The molecule has 2 aliphatic heterocycles. The largest absolute Gasteiger partial charge is 0.468 e. The van der Waals surface area contributed by atoms with Crippen molar-refractivity contribution in [1.82, 2.24) is 0 Å². The Morgan fingerprint density at radius 2 is 1.73 bits per heavy atom. The Hall–Kier alpha value is -0.900. The lowest BCUT2D eigenvalue weighted by molar-refractivity contribution is -0.238. The van der Waals surface area contributed by atoms with Gasteiger partial charge in [0.05, 0.1) is 18.8 Å². The van der Waals surface area contributed by atoms with Crippen LogP contribution < -0.4 is 0 Å². The van der Waals surface area contributed by atoms with Gasteiger partial charge in [0.2, 0.25) is 0 Å². The maximum Gasteiger partial charge on any atom is 0.322 e. The first-order valence-electron chi connectivity index (χ1n) is 10.9. The van der Waals surface area contributed by atoms with Crippen LogP contribution in [0.5, 0.6) is 0 Å². The van der Waals surface area contributed by atoms with Crippen molar-refractivity contribution in [3.8, 4) is 0 Å². The van der Waals surface area contributed by atoms with E-state index in [1.54, 1.807) is 0 Å². The minimum absolute atomic E-state index is 0.141. The first-order valence-corrected chi connectivity index (χ1v) is 10.9. The van der Waals surface area contributed by atoms with Gasteiger partial charge in [0.1, 0.15) is 0 Å². The summed E-state index contributed by atoms with van der Waals surface area (Å²) < 4.78 is 11.9. The molecule has 3 aliphatic rings. The highest BCUT2D eigenvalue weighted by Gasteiger charge is 2.65. The second kappa shape index (κ2) is 8.41. The van der Waals surface area contributed by atoms with Gasteiger partial charge >= 0.3 is 5.97 Å². The molecule has 3 rings (SSSR count). The van der Waals surface area contributed by atoms with Crippen LogP contribution in [0, 0.1) is 11.3 Å². The van der Waals surface area contributed by atoms with E-state index in [0.29, 0.717) is 6.42 Å². The number of ether oxygens (including phenoxy) is 2. The summed E-state index contributed by atoms with van der Waals surface area (Å²) in [5, 5.41) is 0. The van der Waals surface area contributed by atoms with Gasteiger partial charge in [-0.05, 0) is 38.5 Å². The minimum atomic E-state index is -1.06. The van der Waals surface area contributed by atoms with Gasteiger partial charge in [-0.3, -0.25) is 9.59 Å². The molecule has 2 saturated heterocycles. The summed E-state index contributed by atoms with van der Waals surface area (Å²) >= 11 is 0. The number of carbonyl (C=O) groups excluding carboxylic acids is 2. The summed E-state index contributed by atoms with van der Waals surface area (Å²) in [7, 11) is 1.42. The fourth-order valence-corrected chi connectivity index (χ4v) is 5.91. The monoisotopic (exact) mass is 364 g/mol. The van der Waals surface area contributed by atoms with Crippen molar-refractivity contribution in [3.05, 3.63) is 0 Å². The maximum absolute atomic E-state index is 13.9. The molecule has 4 atom stereocenters. The maximum atomic E-state index is 13.9. The van der Waals surface area contributed by atoms with Crippen molar-refractivity contribution in [3.63, 3.8) is 0 Å². The number of fused-ring (bicyclic) bond motifs is 6. The molecule has 0 aromatic heterocycles. The number of hydrogen-bond acceptors (Lipinski definition) is 4. The molecule has 0 amide bonds. The predicted molar refractivity (Wildman–Crippen MR) is 101 cm³/mol. The average Bonchev–Trinajstić information content (AvgIpc) is 2.64. The molecule has 0 unspecified atom stereocenters. The summed E-state index contributed by atoms with van der Waals surface area (Å²) in [6, 6.07) is 0. The fourth-order valence-electron chi connectivity index (χ4n) is 5.91. The average molecular weight is 365 g/mol. The quantitative estimate of drug-likeness (QED) is 0.524. The molecule has 1 aliphatic carbocycles. The lowest BCUT2D eigenvalue weighted by Gasteiger charge is -2.56. The Kier molecular flexibility index (Phi) is 6.42. The van der Waals surface area contributed by atoms with E-state index >= 15 is 0 Å². The molecule has 4 heteroatoms. The van der Waals surface area contributed by atoms with Crippen LogP contribution in [0.1, 0.15) is 96.8 Å². The lowest BCUT2D eigenvalue weighted by atomic mass is 9.58. The van der Waals surface area contributed by atoms with Crippen LogP contribution in [0.15, 0.2) is 0 Å². The van der Waals surface area contributed by atoms with Crippen molar-refractivity contribution < 1.29 is 19.1 Å². The van der Waals surface area contributed by atoms with Crippen molar-refractivity contribution >= 4 is 11.8 Å². The Balaban J connectivity index is 2.01. The molecule has 148 valence electrons. The zero-order valence-corrected chi connectivity index (χ0v) is 16.7. The molecule has 3 fully saturated rings. The second-order valence-corrected chi connectivity index (χ2v) is 8.71. The van der Waals surface area contributed by atoms with E-state index in [0.717, 1.165) is 57.8 Å². The van der Waals surface area contributed by atoms with E-state index in [4.69, 9.17) is 9.47 Å². The van der Waals surface area contributed by atoms with Crippen LogP contribution in [0.3, 0.4) is 0 Å². The van der Waals surface area contributed by atoms with Gasteiger partial charge in [-0.2, -0.15) is 0 Å². The van der Waals surface area contributed by atoms with Gasteiger partial charge in [-0.15, -0.1) is 0 Å². The van der Waals surface area contributed by atoms with Crippen LogP contribution in [0.25, 0.3) is 0 Å². The van der Waals surface area contributed by atoms with Gasteiger partial charge in [0, 0.05) is 5.92 Å². The third kappa shape index (κ3) is 3.34. The van der Waals surface area contributed by atoms with Crippen LogP contribution >= 0.6 is 0 Å². The van der Waals surface area contributed by atoms with Crippen LogP contribution in [0.2, 0.25) is 0 Å². The predicted octanol–water partition coefficient (Wildman–Crippen LogP) is 4.98. The SMILES string of the molecule is CCC[C@@]12CCC[C@@H](O1)[C@@]1(C(=O)OC)CCCCCCCCC[C@H]2C1=O. The first-order chi connectivity index (χ1) is 12.6. The zero-order chi connectivity index (χ0) is 18.6. The zero-order valence-electron chi connectivity index (χ0n) is 16.7. The molecule has 1 saturated carbocycles. The third-order valence-corrected chi connectivity index (χ3v) is 7.17. The van der Waals surface area contributed by atoms with Crippen molar-refractivity contribution in [2.45, 2.75) is 109 Å². The topological polar surface area (TPSA) is 52.6 Å². The van der Waals surface area contributed by atoms with Gasteiger partial charge in [-0.1, -0.05) is 58.3 Å². The van der Waals surface area contributed by atoms with Gasteiger partial charge in [0.25, 0.3) is 0 Å². The van der Waals surface area contributed by atoms with Gasteiger partial charge < -0.3 is 9.47 Å². The molecule has 0 aromatic carbocycles. The smallest absolute Gasteiger partial charge is 0.322 e. The van der Waals surface area contributed by atoms with E-state index in [2.05, 4.69) is 6.92 Å². The number of carbonyl (C=O) groups is 2. The normalized spacial score (nSPS) is 38.8. The highest BCUT2D eigenvalue weighted by Crippen LogP contribution is 2.54. The van der Waals surface area contributed by atoms with Crippen LogP contribution in [0.4, 0.5) is 0 Å². The number of Topliss-reactive ketones (excluding diaryl/α,β-unsaturated/α-hetero) is 1. The molecule has 4 nitrogen and oxygen atoms in total. The summed E-state index contributed by atoms with van der Waals surface area (Å²) in [6.45, 7) is 2.17. The number of hydrogen-bond donors (Lipinski definition) is 0. The molecular weight excluding hydrogens is 328 g/mol. The Labute approximate surface area is 158 Å². The number of ketones is 1. The third-order valence-electron chi connectivity index (χ3n) is 7.17. The lowest BCUT2D eigenvalue weighted by Crippen LogP contribution is -2.66. The Morgan fingerprint density at radius 3 is 2.42 bits per heavy atom. The summed E-state index contributed by atoms with van der Waals surface area (Å²) in [5.41, 5.74) is -1.40. The molecule has 2 heterocycles. The van der Waals surface area contributed by atoms with Gasteiger partial charge in [0.15, 0.2) is 11.2 Å². The number of esters is 1. The van der Waals surface area contributed by atoms with E-state index in [-0.39, 0.29) is 29.4 Å². The Bertz CT molecular complexity index is 512. The van der Waals surface area contributed by atoms with Gasteiger partial charge in [-0.25, -0.2) is 0 Å². The standard InChI is InChI=1S/C22H36O4/c1-3-14-21-15-11-13-18(26-21)22(20(24)25-2)16-10-8-6-4-5-7-9-12-17(21)19(22)23/h17-18H,3-16H2,1-2H3/t17-,18+,21-,22-/m0/s1. The number of rotatable bonds is 3. The summed E-state index contributed by atoms with van der Waals surface area (Å²) in [4.78, 5) is 26.8. The van der Waals surface area contributed by atoms with E-state index < -0.39 is 5.41 Å². The first kappa shape index (κ1) is 19.9. The summed E-state index contributed by atoms with van der Waals surface area (Å²) in [5.74, 6) is -0.339. The highest BCUT2D eigenvalue weighted by atomic mass is 16.5. The molecule has 0 aromatic rings. The molecule has 26 heavy (non-hydrogen) atoms.